The second-order valence-electron chi connectivity index (χ2n) is 4.79. The van der Waals surface area contributed by atoms with Crippen LogP contribution in [0, 0.1) is 0 Å². The highest BCUT2D eigenvalue weighted by molar-refractivity contribution is 5.95. The quantitative estimate of drug-likeness (QED) is 0.897. The first kappa shape index (κ1) is 13.1. The van der Waals surface area contributed by atoms with E-state index >= 15 is 0 Å². The first-order valence-electron chi connectivity index (χ1n) is 6.74. The van der Waals surface area contributed by atoms with E-state index in [1.807, 2.05) is 24.4 Å². The van der Waals surface area contributed by atoms with Crippen LogP contribution in [0.4, 0.5) is 5.69 Å². The predicted molar refractivity (Wildman–Crippen MR) is 73.6 cm³/mol. The Morgan fingerprint density at radius 3 is 3.35 bits per heavy atom. The maximum absolute atomic E-state index is 11.8. The van der Waals surface area contributed by atoms with E-state index in [0.29, 0.717) is 12.3 Å². The van der Waals surface area contributed by atoms with Crippen molar-refractivity contribution in [3.63, 3.8) is 0 Å². The van der Waals surface area contributed by atoms with Crippen molar-refractivity contribution in [3.05, 3.63) is 30.6 Å². The van der Waals surface area contributed by atoms with Crippen molar-refractivity contribution in [1.29, 1.82) is 0 Å². The third-order valence-corrected chi connectivity index (χ3v) is 3.26. The normalized spacial score (nSPS) is 18.5. The van der Waals surface area contributed by atoms with Crippen LogP contribution in [0.5, 0.6) is 0 Å². The summed E-state index contributed by atoms with van der Waals surface area (Å²) in [7, 11) is 0. The maximum atomic E-state index is 11.8. The number of ether oxygens (including phenoxy) is 2. The number of fused-ring (bicyclic) bond motifs is 1. The highest BCUT2D eigenvalue weighted by Gasteiger charge is 2.16. The van der Waals surface area contributed by atoms with Crippen molar-refractivity contribution in [3.8, 4) is 0 Å². The van der Waals surface area contributed by atoms with Crippen LogP contribution in [0.25, 0.3) is 5.52 Å². The third kappa shape index (κ3) is 2.97. The van der Waals surface area contributed by atoms with Gasteiger partial charge in [0.25, 0.3) is 0 Å². The first-order chi connectivity index (χ1) is 9.83. The number of anilines is 1. The molecule has 0 radical (unpaired) electrons. The zero-order valence-corrected chi connectivity index (χ0v) is 11.1. The molecule has 1 aliphatic heterocycles. The van der Waals surface area contributed by atoms with Crippen LogP contribution < -0.4 is 5.32 Å². The molecule has 1 fully saturated rings. The lowest BCUT2D eigenvalue weighted by Gasteiger charge is -2.09. The number of pyridine rings is 1. The number of rotatable bonds is 5. The molecule has 1 N–H and O–H groups in total. The molecule has 3 heterocycles. The summed E-state index contributed by atoms with van der Waals surface area (Å²) in [6.07, 6.45) is 5.68. The Labute approximate surface area is 116 Å². The molecule has 0 aliphatic carbocycles. The van der Waals surface area contributed by atoms with E-state index < -0.39 is 0 Å². The Kier molecular flexibility index (Phi) is 3.94. The van der Waals surface area contributed by atoms with Crippen LogP contribution in [0.2, 0.25) is 0 Å². The van der Waals surface area contributed by atoms with Gasteiger partial charge in [0.1, 0.15) is 6.61 Å². The third-order valence-electron chi connectivity index (χ3n) is 3.26. The number of carbonyl (C=O) groups excluding carboxylic acids is 1. The van der Waals surface area contributed by atoms with Crippen molar-refractivity contribution in [2.24, 2.45) is 0 Å². The Bertz CT molecular complexity index is 590. The van der Waals surface area contributed by atoms with E-state index in [1.165, 1.54) is 0 Å². The molecule has 1 unspecified atom stereocenters. The molecule has 1 saturated heterocycles. The lowest BCUT2D eigenvalue weighted by Crippen LogP contribution is -2.22. The summed E-state index contributed by atoms with van der Waals surface area (Å²) in [5, 5.41) is 6.96. The number of carbonyl (C=O) groups is 1. The molecule has 0 aromatic carbocycles. The van der Waals surface area contributed by atoms with Gasteiger partial charge in [-0.05, 0) is 25.0 Å². The fourth-order valence-electron chi connectivity index (χ4n) is 2.28. The summed E-state index contributed by atoms with van der Waals surface area (Å²) < 4.78 is 12.5. The van der Waals surface area contributed by atoms with Crippen LogP contribution in [-0.4, -0.2) is 41.4 Å². The van der Waals surface area contributed by atoms with Gasteiger partial charge in [0.05, 0.1) is 30.1 Å². The number of amides is 1. The summed E-state index contributed by atoms with van der Waals surface area (Å²) in [6.45, 7) is 1.30. The number of nitrogens with one attached hydrogen (secondary N) is 1. The molecule has 2 aromatic heterocycles. The molecule has 0 bridgehead atoms. The summed E-state index contributed by atoms with van der Waals surface area (Å²) >= 11 is 0. The fourth-order valence-corrected chi connectivity index (χ4v) is 2.28. The number of hydrogen-bond acceptors (Lipinski definition) is 4. The lowest BCUT2D eigenvalue weighted by molar-refractivity contribution is -0.121. The van der Waals surface area contributed by atoms with Crippen molar-refractivity contribution in [2.75, 3.05) is 25.1 Å². The molecule has 3 rings (SSSR count). The highest BCUT2D eigenvalue weighted by Crippen LogP contribution is 2.15. The van der Waals surface area contributed by atoms with Gasteiger partial charge in [-0.3, -0.25) is 4.79 Å². The van der Waals surface area contributed by atoms with Gasteiger partial charge in [0.2, 0.25) is 5.91 Å². The predicted octanol–water partition coefficient (Wildman–Crippen LogP) is 1.47. The van der Waals surface area contributed by atoms with E-state index in [2.05, 4.69) is 10.4 Å². The topological polar surface area (TPSA) is 64.9 Å². The molecule has 6 heteroatoms. The molecular formula is C14H17N3O3. The molecule has 0 saturated carbocycles. The van der Waals surface area contributed by atoms with Crippen molar-refractivity contribution in [2.45, 2.75) is 18.9 Å². The van der Waals surface area contributed by atoms with Gasteiger partial charge in [0, 0.05) is 12.8 Å². The van der Waals surface area contributed by atoms with Gasteiger partial charge < -0.3 is 14.8 Å². The number of hydrogen-bond donors (Lipinski definition) is 1. The average Bonchev–Trinajstić information content (AvgIpc) is 3.09. The lowest BCUT2D eigenvalue weighted by atomic mass is 10.2. The standard InChI is InChI=1S/C14H17N3O3/c18-14(10-19-9-11-4-3-7-20-11)16-12-8-15-17-6-2-1-5-13(12)17/h1-2,5-6,8,11H,3-4,7,9-10H2,(H,16,18). The van der Waals surface area contributed by atoms with Crippen molar-refractivity contribution in [1.82, 2.24) is 9.61 Å². The van der Waals surface area contributed by atoms with Gasteiger partial charge >= 0.3 is 0 Å². The van der Waals surface area contributed by atoms with Crippen molar-refractivity contribution < 1.29 is 14.3 Å². The van der Waals surface area contributed by atoms with Crippen molar-refractivity contribution >= 4 is 17.1 Å². The largest absolute Gasteiger partial charge is 0.376 e. The maximum Gasteiger partial charge on any atom is 0.250 e. The van der Waals surface area contributed by atoms with Crippen LogP contribution in [0.15, 0.2) is 30.6 Å². The SMILES string of the molecule is O=C(COCC1CCCO1)Nc1cnn2ccccc12. The smallest absolute Gasteiger partial charge is 0.250 e. The first-order valence-corrected chi connectivity index (χ1v) is 6.74. The van der Waals surface area contributed by atoms with Crippen LogP contribution in [-0.2, 0) is 14.3 Å². The minimum Gasteiger partial charge on any atom is -0.376 e. The molecule has 2 aromatic rings. The molecule has 1 aliphatic rings. The molecule has 6 nitrogen and oxygen atoms in total. The summed E-state index contributed by atoms with van der Waals surface area (Å²) in [5.41, 5.74) is 1.55. The highest BCUT2D eigenvalue weighted by atomic mass is 16.5. The zero-order valence-electron chi connectivity index (χ0n) is 11.1. The fraction of sp³-hybridized carbons (Fsp3) is 0.429. The monoisotopic (exact) mass is 275 g/mol. The van der Waals surface area contributed by atoms with Crippen LogP contribution in [0.1, 0.15) is 12.8 Å². The van der Waals surface area contributed by atoms with Crippen LogP contribution in [0.3, 0.4) is 0 Å². The average molecular weight is 275 g/mol. The summed E-state index contributed by atoms with van der Waals surface area (Å²) in [4.78, 5) is 11.8. The molecule has 1 atom stereocenters. The van der Waals surface area contributed by atoms with E-state index in [4.69, 9.17) is 9.47 Å². The minimum atomic E-state index is -0.179. The summed E-state index contributed by atoms with van der Waals surface area (Å²) in [6, 6.07) is 5.69. The number of aromatic nitrogens is 2. The molecule has 106 valence electrons. The Balaban J connectivity index is 1.50. The van der Waals surface area contributed by atoms with E-state index in [-0.39, 0.29) is 18.6 Å². The van der Waals surface area contributed by atoms with Gasteiger partial charge in [0.15, 0.2) is 0 Å². The van der Waals surface area contributed by atoms with Crippen LogP contribution >= 0.6 is 0 Å². The van der Waals surface area contributed by atoms with Gasteiger partial charge in [-0.1, -0.05) is 6.07 Å². The second-order valence-corrected chi connectivity index (χ2v) is 4.79. The van der Waals surface area contributed by atoms with E-state index in [1.54, 1.807) is 10.7 Å². The summed E-state index contributed by atoms with van der Waals surface area (Å²) in [5.74, 6) is -0.179. The number of nitrogens with zero attached hydrogens (tertiary/aromatic N) is 2. The van der Waals surface area contributed by atoms with E-state index in [9.17, 15) is 4.79 Å². The molecule has 0 spiro atoms. The van der Waals surface area contributed by atoms with Gasteiger partial charge in [-0.15, -0.1) is 0 Å². The Hall–Kier alpha value is -1.92. The molecular weight excluding hydrogens is 258 g/mol. The Morgan fingerprint density at radius 1 is 1.55 bits per heavy atom. The van der Waals surface area contributed by atoms with Gasteiger partial charge in [-0.2, -0.15) is 5.10 Å². The van der Waals surface area contributed by atoms with E-state index in [0.717, 1.165) is 25.0 Å². The molecule has 20 heavy (non-hydrogen) atoms. The zero-order chi connectivity index (χ0) is 13.8. The Morgan fingerprint density at radius 2 is 2.50 bits per heavy atom. The second kappa shape index (κ2) is 6.02. The van der Waals surface area contributed by atoms with Gasteiger partial charge in [-0.25, -0.2) is 4.52 Å². The minimum absolute atomic E-state index is 0.0318. The molecule has 1 amide bonds.